The molecule has 2 aromatic heterocycles. The number of carbonyl (C=O) groups excluding carboxylic acids is 2. The molecule has 0 bridgehead atoms. The highest BCUT2D eigenvalue weighted by molar-refractivity contribution is 5.98. The molecule has 0 radical (unpaired) electrons. The van der Waals surface area contributed by atoms with Crippen LogP contribution in [0.15, 0.2) is 73.2 Å². The van der Waals surface area contributed by atoms with Crippen LogP contribution in [-0.4, -0.2) is 32.7 Å². The molecule has 148 valence electrons. The van der Waals surface area contributed by atoms with Gasteiger partial charge in [-0.15, -0.1) is 0 Å². The van der Waals surface area contributed by atoms with Crippen LogP contribution >= 0.6 is 0 Å². The van der Waals surface area contributed by atoms with Crippen LogP contribution in [0.1, 0.15) is 45.8 Å². The van der Waals surface area contributed by atoms with Crippen molar-refractivity contribution >= 4 is 11.8 Å². The Labute approximate surface area is 170 Å². The van der Waals surface area contributed by atoms with Gasteiger partial charge in [-0.1, -0.05) is 30.3 Å². The van der Waals surface area contributed by atoms with Crippen LogP contribution in [0.2, 0.25) is 0 Å². The summed E-state index contributed by atoms with van der Waals surface area (Å²) in [4.78, 5) is 35.5. The summed E-state index contributed by atoms with van der Waals surface area (Å²) in [6.07, 6.45) is 4.85. The summed E-state index contributed by atoms with van der Waals surface area (Å²) in [6, 6.07) is 16.6. The number of aromatic nitrogens is 2. The largest absolute Gasteiger partial charge is 0.348 e. The van der Waals surface area contributed by atoms with E-state index in [9.17, 15) is 9.59 Å². The molecule has 0 fully saturated rings. The number of benzene rings is 1. The van der Waals surface area contributed by atoms with Gasteiger partial charge in [-0.25, -0.2) is 0 Å². The second-order valence-electron chi connectivity index (χ2n) is 6.98. The summed E-state index contributed by atoms with van der Waals surface area (Å²) >= 11 is 0. The SMILES string of the molecule is CC(C)N(Cc1ccccc1)C(=O)c1cc(C(=O)NCc2ccncc2)ccn1. The number of amides is 2. The zero-order chi connectivity index (χ0) is 20.6. The lowest BCUT2D eigenvalue weighted by Crippen LogP contribution is -2.37. The van der Waals surface area contributed by atoms with Crippen molar-refractivity contribution in [3.05, 3.63) is 95.6 Å². The molecule has 0 unspecified atom stereocenters. The molecule has 3 aromatic rings. The van der Waals surface area contributed by atoms with Crippen molar-refractivity contribution in [1.82, 2.24) is 20.2 Å². The third-order valence-corrected chi connectivity index (χ3v) is 4.52. The lowest BCUT2D eigenvalue weighted by molar-refractivity contribution is 0.0684. The first-order valence-corrected chi connectivity index (χ1v) is 9.52. The minimum absolute atomic E-state index is 0.00585. The van der Waals surface area contributed by atoms with Crippen molar-refractivity contribution in [2.24, 2.45) is 0 Å². The van der Waals surface area contributed by atoms with Crippen LogP contribution in [0.3, 0.4) is 0 Å². The number of nitrogens with one attached hydrogen (secondary N) is 1. The topological polar surface area (TPSA) is 75.2 Å². The van der Waals surface area contributed by atoms with E-state index in [0.717, 1.165) is 11.1 Å². The van der Waals surface area contributed by atoms with Gasteiger partial charge in [-0.05, 0) is 49.2 Å². The van der Waals surface area contributed by atoms with Crippen LogP contribution in [0.4, 0.5) is 0 Å². The maximum Gasteiger partial charge on any atom is 0.272 e. The first-order chi connectivity index (χ1) is 14.0. The molecular formula is C23H24N4O2. The van der Waals surface area contributed by atoms with E-state index in [1.165, 1.54) is 6.20 Å². The summed E-state index contributed by atoms with van der Waals surface area (Å²) in [7, 11) is 0. The van der Waals surface area contributed by atoms with Crippen molar-refractivity contribution in [3.8, 4) is 0 Å². The zero-order valence-electron chi connectivity index (χ0n) is 16.6. The molecule has 0 saturated heterocycles. The first kappa shape index (κ1) is 20.2. The summed E-state index contributed by atoms with van der Waals surface area (Å²) in [5.41, 5.74) is 2.65. The van der Waals surface area contributed by atoms with Gasteiger partial charge in [0.15, 0.2) is 0 Å². The quantitative estimate of drug-likeness (QED) is 0.673. The molecule has 0 aliphatic rings. The maximum atomic E-state index is 13.1. The number of rotatable bonds is 7. The van der Waals surface area contributed by atoms with Crippen LogP contribution in [0.25, 0.3) is 0 Å². The lowest BCUT2D eigenvalue weighted by Gasteiger charge is -2.26. The Morgan fingerprint density at radius 3 is 2.38 bits per heavy atom. The second-order valence-corrected chi connectivity index (χ2v) is 6.98. The summed E-state index contributed by atoms with van der Waals surface area (Å²) in [5.74, 6) is -0.454. The molecule has 1 aromatic carbocycles. The van der Waals surface area contributed by atoms with Gasteiger partial charge in [0.1, 0.15) is 5.69 Å². The van der Waals surface area contributed by atoms with Gasteiger partial charge in [0.05, 0.1) is 0 Å². The van der Waals surface area contributed by atoms with Gasteiger partial charge in [0.2, 0.25) is 0 Å². The van der Waals surface area contributed by atoms with Crippen LogP contribution in [-0.2, 0) is 13.1 Å². The highest BCUT2D eigenvalue weighted by Crippen LogP contribution is 2.13. The Balaban J connectivity index is 1.72. The van der Waals surface area contributed by atoms with Crippen molar-refractivity contribution in [1.29, 1.82) is 0 Å². The molecule has 0 spiro atoms. The molecule has 0 atom stereocenters. The molecule has 2 heterocycles. The van der Waals surface area contributed by atoms with E-state index in [1.807, 2.05) is 56.3 Å². The third kappa shape index (κ3) is 5.48. The third-order valence-electron chi connectivity index (χ3n) is 4.52. The molecule has 1 N–H and O–H groups in total. The Morgan fingerprint density at radius 2 is 1.69 bits per heavy atom. The number of nitrogens with zero attached hydrogens (tertiary/aromatic N) is 3. The standard InChI is InChI=1S/C23H24N4O2/c1-17(2)27(16-19-6-4-3-5-7-19)23(29)21-14-20(10-13-25-21)22(28)26-15-18-8-11-24-12-9-18/h3-14,17H,15-16H2,1-2H3,(H,26,28). The molecule has 0 aliphatic carbocycles. The first-order valence-electron chi connectivity index (χ1n) is 9.52. The second kappa shape index (κ2) is 9.59. The molecule has 0 saturated carbocycles. The average molecular weight is 388 g/mol. The predicted octanol–water partition coefficient (Wildman–Crippen LogP) is 3.46. The smallest absolute Gasteiger partial charge is 0.272 e. The van der Waals surface area contributed by atoms with E-state index < -0.39 is 0 Å². The molecule has 6 heteroatoms. The molecular weight excluding hydrogens is 364 g/mol. The highest BCUT2D eigenvalue weighted by atomic mass is 16.2. The molecule has 6 nitrogen and oxygen atoms in total. The summed E-state index contributed by atoms with van der Waals surface area (Å²) < 4.78 is 0. The molecule has 3 rings (SSSR count). The number of hydrogen-bond acceptors (Lipinski definition) is 4. The molecule has 29 heavy (non-hydrogen) atoms. The maximum absolute atomic E-state index is 13.1. The van der Waals surface area contributed by atoms with Gasteiger partial charge >= 0.3 is 0 Å². The van der Waals surface area contributed by atoms with Crippen molar-refractivity contribution < 1.29 is 9.59 Å². The highest BCUT2D eigenvalue weighted by Gasteiger charge is 2.21. The van der Waals surface area contributed by atoms with Crippen LogP contribution in [0.5, 0.6) is 0 Å². The summed E-state index contributed by atoms with van der Waals surface area (Å²) in [5, 5.41) is 2.85. The number of hydrogen-bond donors (Lipinski definition) is 1. The van der Waals surface area contributed by atoms with Gasteiger partial charge in [-0.3, -0.25) is 19.6 Å². The van der Waals surface area contributed by atoms with Crippen LogP contribution in [0, 0.1) is 0 Å². The predicted molar refractivity (Wildman–Crippen MR) is 111 cm³/mol. The van der Waals surface area contributed by atoms with Crippen molar-refractivity contribution in [3.63, 3.8) is 0 Å². The van der Waals surface area contributed by atoms with Gasteiger partial charge in [0, 0.05) is 43.3 Å². The molecule has 2 amide bonds. The van der Waals surface area contributed by atoms with Crippen molar-refractivity contribution in [2.45, 2.75) is 33.0 Å². The van der Waals surface area contributed by atoms with E-state index >= 15 is 0 Å². The Kier molecular flexibility index (Phi) is 6.68. The Hall–Kier alpha value is -3.54. The van der Waals surface area contributed by atoms with E-state index in [4.69, 9.17) is 0 Å². The van der Waals surface area contributed by atoms with Crippen molar-refractivity contribution in [2.75, 3.05) is 0 Å². The van der Waals surface area contributed by atoms with E-state index in [-0.39, 0.29) is 23.6 Å². The van der Waals surface area contributed by atoms with Gasteiger partial charge < -0.3 is 10.2 Å². The fourth-order valence-electron chi connectivity index (χ4n) is 2.89. The van der Waals surface area contributed by atoms with Gasteiger partial charge in [0.25, 0.3) is 11.8 Å². The Bertz CT molecular complexity index is 959. The summed E-state index contributed by atoms with van der Waals surface area (Å²) in [6.45, 7) is 4.80. The minimum atomic E-state index is -0.252. The monoisotopic (exact) mass is 388 g/mol. The number of pyridine rings is 2. The lowest BCUT2D eigenvalue weighted by atomic mass is 10.1. The number of carbonyl (C=O) groups is 2. The van der Waals surface area contributed by atoms with Crippen LogP contribution < -0.4 is 5.32 Å². The fraction of sp³-hybridized carbons (Fsp3) is 0.217. The minimum Gasteiger partial charge on any atom is -0.348 e. The Morgan fingerprint density at radius 1 is 0.966 bits per heavy atom. The zero-order valence-corrected chi connectivity index (χ0v) is 16.6. The molecule has 0 aliphatic heterocycles. The van der Waals surface area contributed by atoms with E-state index in [1.54, 1.807) is 29.4 Å². The van der Waals surface area contributed by atoms with Gasteiger partial charge in [-0.2, -0.15) is 0 Å². The van der Waals surface area contributed by atoms with E-state index in [0.29, 0.717) is 18.7 Å². The van der Waals surface area contributed by atoms with E-state index in [2.05, 4.69) is 15.3 Å². The fourth-order valence-corrected chi connectivity index (χ4v) is 2.89. The average Bonchev–Trinajstić information content (AvgIpc) is 2.76. The normalized spacial score (nSPS) is 10.6.